The topological polar surface area (TPSA) is 47.9 Å². The van der Waals surface area contributed by atoms with Gasteiger partial charge in [0.25, 0.3) is 0 Å². The molecule has 1 aliphatic heterocycles. The molecule has 1 aliphatic rings. The van der Waals surface area contributed by atoms with E-state index in [1.165, 1.54) is 11.1 Å². The molecule has 0 radical (unpaired) electrons. The predicted octanol–water partition coefficient (Wildman–Crippen LogP) is 2.34. The predicted molar refractivity (Wildman–Crippen MR) is 72.3 cm³/mol. The SMILES string of the molecule is Cc1nc(C)c2c(n1)OC(Cc1ccncc1C)C2. The molecule has 0 spiro atoms. The summed E-state index contributed by atoms with van der Waals surface area (Å²) in [7, 11) is 0. The lowest BCUT2D eigenvalue weighted by atomic mass is 10.0. The first-order valence-corrected chi connectivity index (χ1v) is 6.53. The van der Waals surface area contributed by atoms with Gasteiger partial charge in [0.2, 0.25) is 5.88 Å². The maximum atomic E-state index is 5.96. The molecule has 3 rings (SSSR count). The molecule has 4 heteroatoms. The van der Waals surface area contributed by atoms with Crippen LogP contribution >= 0.6 is 0 Å². The molecule has 0 saturated heterocycles. The molecule has 98 valence electrons. The highest BCUT2D eigenvalue weighted by Gasteiger charge is 2.27. The quantitative estimate of drug-likeness (QED) is 0.826. The smallest absolute Gasteiger partial charge is 0.220 e. The average molecular weight is 255 g/mol. The second-order valence-electron chi connectivity index (χ2n) is 5.09. The first-order chi connectivity index (χ1) is 9.13. The Morgan fingerprint density at radius 1 is 1.26 bits per heavy atom. The summed E-state index contributed by atoms with van der Waals surface area (Å²) in [6, 6.07) is 2.06. The number of rotatable bonds is 2. The molecule has 0 amide bonds. The minimum atomic E-state index is 0.158. The third-order valence-electron chi connectivity index (χ3n) is 3.58. The molecule has 0 fully saturated rings. The van der Waals surface area contributed by atoms with Crippen molar-refractivity contribution >= 4 is 0 Å². The van der Waals surface area contributed by atoms with Crippen LogP contribution < -0.4 is 4.74 Å². The van der Waals surface area contributed by atoms with E-state index in [-0.39, 0.29) is 6.10 Å². The first-order valence-electron chi connectivity index (χ1n) is 6.53. The van der Waals surface area contributed by atoms with Crippen molar-refractivity contribution in [1.29, 1.82) is 0 Å². The molecule has 0 bridgehead atoms. The van der Waals surface area contributed by atoms with Crippen LogP contribution in [-0.4, -0.2) is 21.1 Å². The van der Waals surface area contributed by atoms with Crippen LogP contribution in [0.3, 0.4) is 0 Å². The van der Waals surface area contributed by atoms with Crippen LogP contribution in [0.2, 0.25) is 0 Å². The fourth-order valence-corrected chi connectivity index (χ4v) is 2.55. The fraction of sp³-hybridized carbons (Fsp3) is 0.400. The lowest BCUT2D eigenvalue weighted by molar-refractivity contribution is 0.225. The van der Waals surface area contributed by atoms with Crippen molar-refractivity contribution in [2.45, 2.75) is 39.7 Å². The van der Waals surface area contributed by atoms with Crippen LogP contribution in [0.15, 0.2) is 18.5 Å². The van der Waals surface area contributed by atoms with Crippen LogP contribution in [0.25, 0.3) is 0 Å². The minimum Gasteiger partial charge on any atom is -0.473 e. The van der Waals surface area contributed by atoms with Gasteiger partial charge in [0.1, 0.15) is 11.9 Å². The van der Waals surface area contributed by atoms with E-state index >= 15 is 0 Å². The molecule has 0 aromatic carbocycles. The van der Waals surface area contributed by atoms with Crippen molar-refractivity contribution < 1.29 is 4.74 Å². The standard InChI is InChI=1S/C15H17N3O/c1-9-8-16-5-4-12(9)6-13-7-14-10(2)17-11(3)18-15(14)19-13/h4-5,8,13H,6-7H2,1-3H3. The Morgan fingerprint density at radius 2 is 2.11 bits per heavy atom. The monoisotopic (exact) mass is 255 g/mol. The summed E-state index contributed by atoms with van der Waals surface area (Å²) >= 11 is 0. The van der Waals surface area contributed by atoms with Gasteiger partial charge < -0.3 is 4.74 Å². The number of pyridine rings is 1. The van der Waals surface area contributed by atoms with E-state index in [0.29, 0.717) is 0 Å². The summed E-state index contributed by atoms with van der Waals surface area (Å²) in [5.41, 5.74) is 4.69. The number of fused-ring (bicyclic) bond motifs is 1. The molecule has 0 N–H and O–H groups in total. The van der Waals surface area contributed by atoms with E-state index in [9.17, 15) is 0 Å². The molecule has 3 heterocycles. The number of ether oxygens (including phenoxy) is 1. The van der Waals surface area contributed by atoms with Crippen LogP contribution in [0.5, 0.6) is 5.88 Å². The van der Waals surface area contributed by atoms with Gasteiger partial charge in [-0.2, -0.15) is 4.98 Å². The Hall–Kier alpha value is -1.97. The third kappa shape index (κ3) is 2.30. The van der Waals surface area contributed by atoms with Gasteiger partial charge in [-0.15, -0.1) is 0 Å². The average Bonchev–Trinajstić information content (AvgIpc) is 2.75. The van der Waals surface area contributed by atoms with Gasteiger partial charge in [0.15, 0.2) is 0 Å². The van der Waals surface area contributed by atoms with Gasteiger partial charge in [0.05, 0.1) is 0 Å². The van der Waals surface area contributed by atoms with Crippen molar-refractivity contribution in [3.63, 3.8) is 0 Å². The minimum absolute atomic E-state index is 0.158. The van der Waals surface area contributed by atoms with E-state index in [0.717, 1.165) is 35.8 Å². The summed E-state index contributed by atoms with van der Waals surface area (Å²) in [6.45, 7) is 6.01. The van der Waals surface area contributed by atoms with Gasteiger partial charge in [-0.1, -0.05) is 0 Å². The fourth-order valence-electron chi connectivity index (χ4n) is 2.55. The Balaban J connectivity index is 1.81. The zero-order valence-electron chi connectivity index (χ0n) is 11.5. The van der Waals surface area contributed by atoms with Gasteiger partial charge in [-0.25, -0.2) is 4.98 Å². The largest absolute Gasteiger partial charge is 0.473 e. The van der Waals surface area contributed by atoms with Crippen LogP contribution in [0, 0.1) is 20.8 Å². The van der Waals surface area contributed by atoms with Crippen molar-refractivity contribution in [3.05, 3.63) is 46.7 Å². The summed E-state index contributed by atoms with van der Waals surface area (Å²) in [4.78, 5) is 12.9. The summed E-state index contributed by atoms with van der Waals surface area (Å²) < 4.78 is 5.96. The van der Waals surface area contributed by atoms with E-state index in [4.69, 9.17) is 4.74 Å². The molecular formula is C15H17N3O. The Kier molecular flexibility index (Phi) is 2.93. The lowest BCUT2D eigenvalue weighted by Gasteiger charge is -2.11. The number of aromatic nitrogens is 3. The van der Waals surface area contributed by atoms with Gasteiger partial charge in [-0.05, 0) is 38.0 Å². The Labute approximate surface area is 112 Å². The van der Waals surface area contributed by atoms with Gasteiger partial charge in [-0.3, -0.25) is 4.98 Å². The molecule has 1 atom stereocenters. The Morgan fingerprint density at radius 3 is 2.89 bits per heavy atom. The molecule has 4 nitrogen and oxygen atoms in total. The van der Waals surface area contributed by atoms with Gasteiger partial charge in [0, 0.05) is 36.5 Å². The molecule has 0 saturated carbocycles. The molecule has 1 unspecified atom stereocenters. The summed E-state index contributed by atoms with van der Waals surface area (Å²) in [5, 5.41) is 0. The van der Waals surface area contributed by atoms with E-state index in [1.807, 2.05) is 26.2 Å². The first kappa shape index (κ1) is 12.1. The second kappa shape index (κ2) is 4.61. The Bertz CT molecular complexity index is 625. The van der Waals surface area contributed by atoms with E-state index in [2.05, 4.69) is 27.9 Å². The van der Waals surface area contributed by atoms with Crippen LogP contribution in [0.1, 0.15) is 28.2 Å². The maximum absolute atomic E-state index is 5.96. The third-order valence-corrected chi connectivity index (χ3v) is 3.58. The molecule has 2 aromatic heterocycles. The molecular weight excluding hydrogens is 238 g/mol. The van der Waals surface area contributed by atoms with Crippen molar-refractivity contribution in [1.82, 2.24) is 15.0 Å². The number of hydrogen-bond acceptors (Lipinski definition) is 4. The second-order valence-corrected chi connectivity index (χ2v) is 5.09. The van der Waals surface area contributed by atoms with Gasteiger partial charge >= 0.3 is 0 Å². The summed E-state index contributed by atoms with van der Waals surface area (Å²) in [5.74, 6) is 1.54. The normalized spacial score (nSPS) is 17.1. The van der Waals surface area contributed by atoms with E-state index < -0.39 is 0 Å². The number of aryl methyl sites for hydroxylation is 3. The number of hydrogen-bond donors (Lipinski definition) is 0. The van der Waals surface area contributed by atoms with Crippen molar-refractivity contribution in [3.8, 4) is 5.88 Å². The van der Waals surface area contributed by atoms with Crippen molar-refractivity contribution in [2.75, 3.05) is 0 Å². The highest BCUT2D eigenvalue weighted by molar-refractivity contribution is 5.35. The molecule has 0 aliphatic carbocycles. The van der Waals surface area contributed by atoms with Crippen LogP contribution in [-0.2, 0) is 12.8 Å². The highest BCUT2D eigenvalue weighted by atomic mass is 16.5. The molecule has 2 aromatic rings. The highest BCUT2D eigenvalue weighted by Crippen LogP contribution is 2.30. The summed E-state index contributed by atoms with van der Waals surface area (Å²) in [6.07, 6.45) is 5.67. The number of nitrogens with zero attached hydrogens (tertiary/aromatic N) is 3. The zero-order valence-corrected chi connectivity index (χ0v) is 11.5. The molecule has 19 heavy (non-hydrogen) atoms. The van der Waals surface area contributed by atoms with Crippen molar-refractivity contribution in [2.24, 2.45) is 0 Å². The van der Waals surface area contributed by atoms with Crippen LogP contribution in [0.4, 0.5) is 0 Å². The maximum Gasteiger partial charge on any atom is 0.220 e. The zero-order chi connectivity index (χ0) is 13.4. The lowest BCUT2D eigenvalue weighted by Crippen LogP contribution is -2.17. The van der Waals surface area contributed by atoms with E-state index in [1.54, 1.807) is 0 Å².